The fourth-order valence-corrected chi connectivity index (χ4v) is 6.58. The molecule has 0 aliphatic carbocycles. The number of hydrogen-bond acceptors (Lipinski definition) is 12. The van der Waals surface area contributed by atoms with Crippen molar-refractivity contribution in [1.29, 1.82) is 0 Å². The molecule has 1 radical (unpaired) electrons. The van der Waals surface area contributed by atoms with Gasteiger partial charge in [-0.25, -0.2) is 16.8 Å². The summed E-state index contributed by atoms with van der Waals surface area (Å²) in [5, 5.41) is 0. The molecule has 21 heteroatoms. The van der Waals surface area contributed by atoms with E-state index in [0.717, 1.165) is 13.1 Å². The van der Waals surface area contributed by atoms with E-state index in [1.165, 1.54) is 83.8 Å². The Hall–Kier alpha value is -2.26. The molecule has 4 heterocycles. The number of rotatable bonds is 7. The average molecular weight is 818 g/mol. The number of halogens is 6. The van der Waals surface area contributed by atoms with Crippen molar-refractivity contribution in [3.8, 4) is 0 Å². The van der Waals surface area contributed by atoms with E-state index < -0.39 is 31.3 Å². The van der Waals surface area contributed by atoms with Gasteiger partial charge >= 0.3 is 28.1 Å². The Balaban J connectivity index is 0.000000638. The summed E-state index contributed by atoms with van der Waals surface area (Å²) in [5.41, 5.74) is -1.02. The van der Waals surface area contributed by atoms with Gasteiger partial charge in [0.15, 0.2) is 20.2 Å². The fourth-order valence-electron chi connectivity index (χ4n) is 6.58. The molecule has 0 N–H and O–H groups in total. The third-order valence-electron chi connectivity index (χ3n) is 8.59. The molecule has 2 aliphatic rings. The fraction of sp³-hybridized carbons (Fsp3) is 0.667. The van der Waals surface area contributed by atoms with E-state index in [0.29, 0.717) is 12.1 Å². The maximum atomic E-state index is 10.7. The number of aryl methyl sites for hydroxylation is 2. The van der Waals surface area contributed by atoms with Gasteiger partial charge in [-0.05, 0) is 88.7 Å². The van der Waals surface area contributed by atoms with Crippen LogP contribution < -0.4 is 9.80 Å². The molecule has 291 valence electrons. The van der Waals surface area contributed by atoms with Crippen LogP contribution in [0.2, 0.25) is 0 Å². The van der Waals surface area contributed by atoms with E-state index in [4.69, 9.17) is 35.9 Å². The average Bonchev–Trinajstić information content (AvgIpc) is 3.59. The Morgan fingerprint density at radius 2 is 0.961 bits per heavy atom. The Kier molecular flexibility index (Phi) is 16.7. The second kappa shape index (κ2) is 18.2. The van der Waals surface area contributed by atoms with E-state index in [1.54, 1.807) is 0 Å². The monoisotopic (exact) mass is 817 g/mol. The first-order valence-corrected chi connectivity index (χ1v) is 18.3. The number of aromatic nitrogens is 2. The summed E-state index contributed by atoms with van der Waals surface area (Å²) in [7, 11) is -3.64. The number of alkyl halides is 6. The zero-order valence-electron chi connectivity index (χ0n) is 29.6. The zero-order valence-corrected chi connectivity index (χ0v) is 32.4. The smallest absolute Gasteiger partial charge is 0.741 e. The minimum atomic E-state index is -6.09. The molecule has 0 spiro atoms. The normalized spacial score (nSPS) is 18.7. The van der Waals surface area contributed by atoms with Crippen LogP contribution in [0.1, 0.15) is 59.3 Å². The van der Waals surface area contributed by atoms with Gasteiger partial charge in [-0.1, -0.05) is 0 Å². The van der Waals surface area contributed by atoms with Crippen molar-refractivity contribution in [2.45, 2.75) is 89.6 Å². The van der Waals surface area contributed by atoms with E-state index in [1.807, 2.05) is 0 Å². The molecule has 0 bridgehead atoms. The summed E-state index contributed by atoms with van der Waals surface area (Å²) < 4.78 is 118. The van der Waals surface area contributed by atoms with Gasteiger partial charge in [0.1, 0.15) is 0 Å². The van der Waals surface area contributed by atoms with Crippen molar-refractivity contribution < 1.29 is 69.4 Å². The van der Waals surface area contributed by atoms with Crippen molar-refractivity contribution >= 4 is 31.6 Å². The molecular formula is C30H44F6MnN6O6S2. The van der Waals surface area contributed by atoms with E-state index in [2.05, 4.69) is 87.9 Å². The number of nitrogens with zero attached hydrogens (tertiary/aromatic N) is 6. The van der Waals surface area contributed by atoms with Gasteiger partial charge in [-0.15, -0.1) is 0 Å². The molecule has 2 aromatic rings. The maximum absolute atomic E-state index is 10.7. The molecule has 2 aromatic heterocycles. The van der Waals surface area contributed by atoms with E-state index >= 15 is 0 Å². The van der Waals surface area contributed by atoms with Crippen LogP contribution in [-0.2, 0) is 50.4 Å². The van der Waals surface area contributed by atoms with Gasteiger partial charge in [0.25, 0.3) is 0 Å². The SMILES string of the molecule is Cc1cnc(CN2CCC[C@H]2[C@@H]2CCCN2Cc2ncc(C)c(N(C)C)c2C)c(C)c1N(C)C.O=S(=O)([O-])C(F)(F)F.O=S(=O)([O-])C(F)(F)F.[Mn+2]. The van der Waals surface area contributed by atoms with Gasteiger partial charge < -0.3 is 18.9 Å². The first-order valence-electron chi connectivity index (χ1n) is 15.5. The van der Waals surface area contributed by atoms with E-state index in [-0.39, 0.29) is 17.1 Å². The summed E-state index contributed by atoms with van der Waals surface area (Å²) in [6, 6.07) is 1.21. The van der Waals surface area contributed by atoms with Crippen LogP contribution in [0.5, 0.6) is 0 Å². The van der Waals surface area contributed by atoms with Crippen LogP contribution >= 0.6 is 0 Å². The molecule has 51 heavy (non-hydrogen) atoms. The molecule has 4 rings (SSSR count). The Bertz CT molecular complexity index is 1570. The van der Waals surface area contributed by atoms with E-state index in [9.17, 15) is 26.3 Å². The quantitative estimate of drug-likeness (QED) is 0.167. The Morgan fingerprint density at radius 1 is 0.686 bits per heavy atom. The molecule has 12 nitrogen and oxygen atoms in total. The van der Waals surface area contributed by atoms with Gasteiger partial charge in [-0.2, -0.15) is 26.3 Å². The Morgan fingerprint density at radius 3 is 1.20 bits per heavy atom. The van der Waals surface area contributed by atoms with Crippen molar-refractivity contribution in [3.63, 3.8) is 0 Å². The van der Waals surface area contributed by atoms with Crippen molar-refractivity contribution in [3.05, 3.63) is 46.0 Å². The predicted octanol–water partition coefficient (Wildman–Crippen LogP) is 4.57. The van der Waals surface area contributed by atoms with Crippen molar-refractivity contribution in [1.82, 2.24) is 19.8 Å². The van der Waals surface area contributed by atoms with Crippen LogP contribution in [0.25, 0.3) is 0 Å². The third kappa shape index (κ3) is 12.4. The van der Waals surface area contributed by atoms with Crippen molar-refractivity contribution in [2.75, 3.05) is 51.1 Å². The zero-order chi connectivity index (χ0) is 38.6. The maximum Gasteiger partial charge on any atom is 2.00 e. The number of pyridine rings is 2. The Labute approximate surface area is 306 Å². The predicted molar refractivity (Wildman–Crippen MR) is 174 cm³/mol. The summed E-state index contributed by atoms with van der Waals surface area (Å²) in [4.78, 5) is 19.7. The van der Waals surface area contributed by atoms with Gasteiger partial charge in [0.05, 0.1) is 11.4 Å². The summed E-state index contributed by atoms with van der Waals surface area (Å²) in [6.45, 7) is 13.1. The number of hydrogen-bond donors (Lipinski definition) is 0. The second-order valence-corrected chi connectivity index (χ2v) is 15.4. The largest absolute Gasteiger partial charge is 2.00 e. The molecule has 2 fully saturated rings. The molecular weight excluding hydrogens is 773 g/mol. The first kappa shape index (κ1) is 46.8. The minimum Gasteiger partial charge on any atom is -0.741 e. The summed E-state index contributed by atoms with van der Waals surface area (Å²) >= 11 is 0. The van der Waals surface area contributed by atoms with Crippen LogP contribution in [0.3, 0.4) is 0 Å². The van der Waals surface area contributed by atoms with Gasteiger partial charge in [-0.3, -0.25) is 19.8 Å². The molecule has 0 amide bonds. The van der Waals surface area contributed by atoms with Gasteiger partial charge in [0, 0.05) is 77.1 Å². The number of anilines is 2. The standard InChI is InChI=1S/C28H44N6.2CHF3O3S.Mn/c1-19-15-29-23(21(3)27(19)31(5)6)17-33-13-9-11-25(33)26-12-10-14-34(26)18-24-22(4)28(32(7)8)20(2)16-30-24;2*2-1(3,4)8(5,6)7;/h15-16,25-26H,9-14,17-18H2,1-8H3;2*(H,5,6,7);/q;;;+2/p-2/t25-,26-;;;/m0.../s1. The van der Waals surface area contributed by atoms with Crippen molar-refractivity contribution in [2.24, 2.45) is 0 Å². The van der Waals surface area contributed by atoms with Crippen LogP contribution in [0.4, 0.5) is 37.7 Å². The molecule has 2 saturated heterocycles. The minimum absolute atomic E-state index is 0. The third-order valence-corrected chi connectivity index (χ3v) is 9.72. The van der Waals surface area contributed by atoms with Crippen LogP contribution in [0, 0.1) is 27.7 Å². The molecule has 0 saturated carbocycles. The van der Waals surface area contributed by atoms with Crippen LogP contribution in [0.15, 0.2) is 12.4 Å². The summed E-state index contributed by atoms with van der Waals surface area (Å²) in [5.74, 6) is 0. The first-order chi connectivity index (χ1) is 22.7. The molecule has 2 atom stereocenters. The molecule has 0 unspecified atom stereocenters. The molecule has 0 aromatic carbocycles. The van der Waals surface area contributed by atoms with Gasteiger partial charge in [0.2, 0.25) is 0 Å². The summed E-state index contributed by atoms with van der Waals surface area (Å²) in [6.07, 6.45) is 9.25. The second-order valence-electron chi connectivity index (χ2n) is 12.7. The molecule has 2 aliphatic heterocycles. The topological polar surface area (TPSA) is 153 Å². The van der Waals surface area contributed by atoms with Crippen LogP contribution in [-0.4, -0.2) is 110 Å². The number of likely N-dealkylation sites (tertiary alicyclic amines) is 2.